The molecule has 1 amide bonds. The average Bonchev–Trinajstić information content (AvgIpc) is 2.74. The topological polar surface area (TPSA) is 97.5 Å². The first-order chi connectivity index (χ1) is 14.9. The molecule has 0 spiro atoms. The van der Waals surface area contributed by atoms with Gasteiger partial charge < -0.3 is 19.8 Å². The van der Waals surface area contributed by atoms with E-state index in [0.29, 0.717) is 44.4 Å². The van der Waals surface area contributed by atoms with Crippen LogP contribution in [0, 0.1) is 0 Å². The van der Waals surface area contributed by atoms with Crippen molar-refractivity contribution in [1.82, 2.24) is 4.98 Å². The summed E-state index contributed by atoms with van der Waals surface area (Å²) in [7, 11) is 1.51. The Morgan fingerprint density at radius 1 is 1.16 bits per heavy atom. The second-order valence-corrected chi connectivity index (χ2v) is 7.95. The summed E-state index contributed by atoms with van der Waals surface area (Å²) >= 11 is 7.33. The summed E-state index contributed by atoms with van der Waals surface area (Å²) in [6, 6.07) is 11.3. The lowest BCUT2D eigenvalue weighted by Crippen LogP contribution is -2.15. The fraction of sp³-hybridized carbons (Fsp3) is 0.227. The van der Waals surface area contributed by atoms with Crippen LogP contribution in [-0.2, 0) is 15.3 Å². The Balaban J connectivity index is 1.64. The first-order valence-corrected chi connectivity index (χ1v) is 11.0. The molecule has 0 unspecified atom stereocenters. The van der Waals surface area contributed by atoms with E-state index in [9.17, 15) is 14.4 Å². The molecule has 9 heteroatoms. The van der Waals surface area contributed by atoms with Gasteiger partial charge in [-0.1, -0.05) is 11.6 Å². The van der Waals surface area contributed by atoms with E-state index < -0.39 is 5.97 Å². The second kappa shape index (κ2) is 10.4. The molecular formula is C22H21ClN2O5S. The van der Waals surface area contributed by atoms with Crippen molar-refractivity contribution in [3.05, 3.63) is 69.0 Å². The molecule has 0 bridgehead atoms. The number of carbonyl (C=O) groups excluding carboxylic acids is 2. The van der Waals surface area contributed by atoms with Crippen molar-refractivity contribution in [2.24, 2.45) is 0 Å². The van der Waals surface area contributed by atoms with Gasteiger partial charge in [0.15, 0.2) is 5.43 Å². The van der Waals surface area contributed by atoms with Gasteiger partial charge in [-0.25, -0.2) is 4.79 Å². The smallest absolute Gasteiger partial charge is 0.338 e. The molecule has 0 saturated heterocycles. The summed E-state index contributed by atoms with van der Waals surface area (Å²) in [6.45, 7) is 1.99. The minimum Gasteiger partial charge on any atom is -0.495 e. The Morgan fingerprint density at radius 3 is 2.71 bits per heavy atom. The predicted molar refractivity (Wildman–Crippen MR) is 123 cm³/mol. The largest absolute Gasteiger partial charge is 0.495 e. The quantitative estimate of drug-likeness (QED) is 0.488. The molecule has 7 nitrogen and oxygen atoms in total. The molecule has 0 saturated carbocycles. The van der Waals surface area contributed by atoms with Gasteiger partial charge in [-0.2, -0.15) is 0 Å². The van der Waals surface area contributed by atoms with E-state index in [4.69, 9.17) is 21.1 Å². The van der Waals surface area contributed by atoms with Crippen LogP contribution in [0.15, 0.2) is 47.3 Å². The molecule has 3 aromatic rings. The molecule has 0 aliphatic carbocycles. The number of anilines is 1. The number of amides is 1. The van der Waals surface area contributed by atoms with Crippen molar-refractivity contribution >= 4 is 51.8 Å². The van der Waals surface area contributed by atoms with Gasteiger partial charge in [-0.3, -0.25) is 9.59 Å². The third-order valence-corrected chi connectivity index (χ3v) is 5.54. The van der Waals surface area contributed by atoms with E-state index in [2.05, 4.69) is 10.3 Å². The van der Waals surface area contributed by atoms with Crippen molar-refractivity contribution in [3.63, 3.8) is 0 Å². The number of ether oxygens (including phenoxy) is 2. The van der Waals surface area contributed by atoms with Gasteiger partial charge in [0.25, 0.3) is 0 Å². The number of methoxy groups -OCH3 is 1. The van der Waals surface area contributed by atoms with Crippen LogP contribution in [0.5, 0.6) is 5.75 Å². The monoisotopic (exact) mass is 460 g/mol. The molecule has 3 rings (SSSR count). The lowest BCUT2D eigenvalue weighted by Gasteiger charge is -2.10. The SMILES string of the molecule is CCOC(=O)c1ccc2[nH]c(CSCC(=O)Nc3cc(Cl)ccc3OC)cc(=O)c2c1. The maximum atomic E-state index is 12.5. The van der Waals surface area contributed by atoms with Crippen LogP contribution in [0.25, 0.3) is 10.9 Å². The fourth-order valence-corrected chi connectivity index (χ4v) is 3.85. The van der Waals surface area contributed by atoms with Gasteiger partial charge in [0, 0.05) is 33.4 Å². The van der Waals surface area contributed by atoms with Crippen molar-refractivity contribution < 1.29 is 19.1 Å². The molecule has 1 heterocycles. The zero-order valence-electron chi connectivity index (χ0n) is 17.0. The summed E-state index contributed by atoms with van der Waals surface area (Å²) in [6.07, 6.45) is 0. The number of aromatic nitrogens is 1. The molecule has 0 radical (unpaired) electrons. The number of aromatic amines is 1. The number of halogens is 1. The minimum atomic E-state index is -0.467. The molecule has 0 aliphatic rings. The number of H-pyrrole nitrogens is 1. The fourth-order valence-electron chi connectivity index (χ4n) is 2.94. The number of fused-ring (bicyclic) bond motifs is 1. The third-order valence-electron chi connectivity index (χ3n) is 4.32. The average molecular weight is 461 g/mol. The van der Waals surface area contributed by atoms with E-state index in [1.54, 1.807) is 37.3 Å². The molecule has 2 aromatic carbocycles. The highest BCUT2D eigenvalue weighted by Crippen LogP contribution is 2.28. The van der Waals surface area contributed by atoms with E-state index in [1.807, 2.05) is 0 Å². The van der Waals surface area contributed by atoms with Gasteiger partial charge in [0.05, 0.1) is 30.7 Å². The van der Waals surface area contributed by atoms with E-state index in [-0.39, 0.29) is 23.7 Å². The van der Waals surface area contributed by atoms with Gasteiger partial charge in [0.1, 0.15) is 5.75 Å². The first kappa shape index (κ1) is 22.7. The minimum absolute atomic E-state index is 0.178. The number of hydrogen-bond acceptors (Lipinski definition) is 6. The number of pyridine rings is 1. The summed E-state index contributed by atoms with van der Waals surface area (Å²) in [4.78, 5) is 39.8. The van der Waals surface area contributed by atoms with Crippen LogP contribution in [0.2, 0.25) is 5.02 Å². The van der Waals surface area contributed by atoms with E-state index in [1.165, 1.54) is 31.0 Å². The highest BCUT2D eigenvalue weighted by Gasteiger charge is 2.11. The highest BCUT2D eigenvalue weighted by molar-refractivity contribution is 7.99. The second-order valence-electron chi connectivity index (χ2n) is 6.53. The molecule has 0 fully saturated rings. The molecule has 0 aliphatic heterocycles. The van der Waals surface area contributed by atoms with Crippen LogP contribution in [0.1, 0.15) is 23.0 Å². The Morgan fingerprint density at radius 2 is 1.97 bits per heavy atom. The molecule has 162 valence electrons. The summed E-state index contributed by atoms with van der Waals surface area (Å²) < 4.78 is 10.2. The number of thioether (sulfide) groups is 1. The van der Waals surface area contributed by atoms with Crippen LogP contribution < -0.4 is 15.5 Å². The Bertz CT molecular complexity index is 1180. The number of benzene rings is 2. The zero-order valence-corrected chi connectivity index (χ0v) is 18.6. The number of nitrogens with one attached hydrogen (secondary N) is 2. The lowest BCUT2D eigenvalue weighted by molar-refractivity contribution is -0.113. The van der Waals surface area contributed by atoms with Crippen LogP contribution in [0.4, 0.5) is 5.69 Å². The van der Waals surface area contributed by atoms with Gasteiger partial charge >= 0.3 is 5.97 Å². The lowest BCUT2D eigenvalue weighted by atomic mass is 10.1. The molecule has 31 heavy (non-hydrogen) atoms. The number of carbonyl (C=O) groups is 2. The molecule has 2 N–H and O–H groups in total. The van der Waals surface area contributed by atoms with Crippen LogP contribution in [-0.4, -0.2) is 36.3 Å². The summed E-state index contributed by atoms with van der Waals surface area (Å²) in [5.74, 6) is 0.449. The summed E-state index contributed by atoms with van der Waals surface area (Å²) in [5, 5.41) is 3.67. The van der Waals surface area contributed by atoms with Gasteiger partial charge in [-0.05, 0) is 43.3 Å². The van der Waals surface area contributed by atoms with Gasteiger partial charge in [-0.15, -0.1) is 11.8 Å². The third kappa shape index (κ3) is 5.80. The predicted octanol–water partition coefficient (Wildman–Crippen LogP) is 4.24. The number of rotatable bonds is 8. The normalized spacial score (nSPS) is 10.7. The Labute approximate surface area is 188 Å². The Hall–Kier alpha value is -2.97. The van der Waals surface area contributed by atoms with Crippen molar-refractivity contribution in [2.45, 2.75) is 12.7 Å². The van der Waals surface area contributed by atoms with Crippen molar-refractivity contribution in [1.29, 1.82) is 0 Å². The van der Waals surface area contributed by atoms with Crippen molar-refractivity contribution in [2.75, 3.05) is 24.8 Å². The Kier molecular flexibility index (Phi) is 7.59. The highest BCUT2D eigenvalue weighted by atomic mass is 35.5. The van der Waals surface area contributed by atoms with Gasteiger partial charge in [0.2, 0.25) is 5.91 Å². The standard InChI is InChI=1S/C22H21ClN2O5S/c1-3-30-22(28)13-4-6-17-16(8-13)19(26)10-15(24-17)11-31-12-21(27)25-18-9-14(23)5-7-20(18)29-2/h4-10H,3,11-12H2,1-2H3,(H,24,26)(H,25,27). The van der Waals surface area contributed by atoms with Crippen LogP contribution >= 0.6 is 23.4 Å². The maximum Gasteiger partial charge on any atom is 0.338 e. The van der Waals surface area contributed by atoms with Crippen molar-refractivity contribution in [3.8, 4) is 5.75 Å². The first-order valence-electron chi connectivity index (χ1n) is 9.45. The zero-order chi connectivity index (χ0) is 22.4. The molecule has 1 aromatic heterocycles. The van der Waals surface area contributed by atoms with E-state index in [0.717, 1.165) is 0 Å². The number of hydrogen-bond donors (Lipinski definition) is 2. The van der Waals surface area contributed by atoms with Crippen LogP contribution in [0.3, 0.4) is 0 Å². The molecule has 0 atom stereocenters. The summed E-state index contributed by atoms with van der Waals surface area (Å²) in [5.41, 5.74) is 1.92. The molecular weight excluding hydrogens is 440 g/mol. The maximum absolute atomic E-state index is 12.5. The number of esters is 1. The van der Waals surface area contributed by atoms with E-state index >= 15 is 0 Å².